The molecule has 2 aromatic rings. The highest BCUT2D eigenvalue weighted by atomic mass is 32.2. The molecule has 0 saturated heterocycles. The van der Waals surface area contributed by atoms with Crippen molar-refractivity contribution in [1.29, 1.82) is 0 Å². The Labute approximate surface area is 124 Å². The number of non-ortho nitro benzene ring substituents is 2. The molecule has 10 heteroatoms. The standard InChI is InChI=1S/C12H9N3O6S/c16-14(17)10-6-4-9(5-7-10)13-22(20,21)12-3-1-2-11(8-12)15(18)19/h1-8,13H. The van der Waals surface area contributed by atoms with Crippen molar-refractivity contribution in [3.05, 3.63) is 68.8 Å². The summed E-state index contributed by atoms with van der Waals surface area (Å²) in [5.41, 5.74) is -0.429. The number of hydrogen-bond donors (Lipinski definition) is 1. The molecule has 0 atom stereocenters. The quantitative estimate of drug-likeness (QED) is 0.663. The van der Waals surface area contributed by atoms with Gasteiger partial charge in [-0.25, -0.2) is 8.42 Å². The summed E-state index contributed by atoms with van der Waals surface area (Å²) < 4.78 is 26.4. The lowest BCUT2D eigenvalue weighted by Crippen LogP contribution is -2.13. The maximum absolute atomic E-state index is 12.1. The van der Waals surface area contributed by atoms with Gasteiger partial charge < -0.3 is 0 Å². The van der Waals surface area contributed by atoms with Gasteiger partial charge in [-0.05, 0) is 18.2 Å². The molecule has 2 aromatic carbocycles. The minimum absolute atomic E-state index is 0.108. The minimum atomic E-state index is -4.03. The van der Waals surface area contributed by atoms with Crippen molar-refractivity contribution in [2.45, 2.75) is 4.90 Å². The number of benzene rings is 2. The summed E-state index contributed by atoms with van der Waals surface area (Å²) in [7, 11) is -4.03. The molecule has 0 aliphatic heterocycles. The van der Waals surface area contributed by atoms with E-state index in [1.54, 1.807) is 0 Å². The SMILES string of the molecule is O=[N+]([O-])c1ccc(NS(=O)(=O)c2cccc([N+](=O)[O-])c2)cc1. The molecule has 0 bridgehead atoms. The van der Waals surface area contributed by atoms with Gasteiger partial charge in [0.15, 0.2) is 0 Å². The third-order valence-corrected chi connectivity index (χ3v) is 4.05. The molecule has 0 saturated carbocycles. The molecule has 9 nitrogen and oxygen atoms in total. The Morgan fingerprint density at radius 2 is 1.45 bits per heavy atom. The van der Waals surface area contributed by atoms with Crippen LogP contribution in [0, 0.1) is 20.2 Å². The summed E-state index contributed by atoms with van der Waals surface area (Å²) in [5, 5.41) is 21.2. The van der Waals surface area contributed by atoms with E-state index < -0.39 is 19.9 Å². The number of hydrogen-bond acceptors (Lipinski definition) is 6. The van der Waals surface area contributed by atoms with E-state index in [9.17, 15) is 28.6 Å². The lowest BCUT2D eigenvalue weighted by Gasteiger charge is -2.07. The van der Waals surface area contributed by atoms with E-state index in [1.807, 2.05) is 0 Å². The first-order chi connectivity index (χ1) is 10.3. The molecule has 0 fully saturated rings. The Morgan fingerprint density at radius 3 is 2.00 bits per heavy atom. The molecule has 22 heavy (non-hydrogen) atoms. The van der Waals surface area contributed by atoms with Gasteiger partial charge >= 0.3 is 0 Å². The molecule has 0 amide bonds. The highest BCUT2D eigenvalue weighted by molar-refractivity contribution is 7.92. The van der Waals surface area contributed by atoms with Gasteiger partial charge in [-0.1, -0.05) is 6.07 Å². The molecule has 0 unspecified atom stereocenters. The van der Waals surface area contributed by atoms with Crippen LogP contribution < -0.4 is 4.72 Å². The van der Waals surface area contributed by atoms with Crippen LogP contribution in [0.5, 0.6) is 0 Å². The van der Waals surface area contributed by atoms with E-state index in [0.29, 0.717) is 0 Å². The van der Waals surface area contributed by atoms with Crippen molar-refractivity contribution in [2.24, 2.45) is 0 Å². The molecule has 114 valence electrons. The zero-order valence-corrected chi connectivity index (χ0v) is 11.7. The first kappa shape index (κ1) is 15.4. The van der Waals surface area contributed by atoms with Crippen molar-refractivity contribution < 1.29 is 18.3 Å². The van der Waals surface area contributed by atoms with E-state index in [1.165, 1.54) is 30.3 Å². The van der Waals surface area contributed by atoms with Gasteiger partial charge in [-0.3, -0.25) is 25.0 Å². The highest BCUT2D eigenvalue weighted by Gasteiger charge is 2.18. The van der Waals surface area contributed by atoms with Crippen LogP contribution in [-0.2, 0) is 10.0 Å². The summed E-state index contributed by atoms with van der Waals surface area (Å²) in [6.45, 7) is 0. The van der Waals surface area contributed by atoms with Gasteiger partial charge in [0.1, 0.15) is 0 Å². The maximum Gasteiger partial charge on any atom is 0.270 e. The fraction of sp³-hybridized carbons (Fsp3) is 0. The minimum Gasteiger partial charge on any atom is -0.280 e. The zero-order valence-electron chi connectivity index (χ0n) is 10.9. The normalized spacial score (nSPS) is 10.9. The second-order valence-corrected chi connectivity index (χ2v) is 5.85. The average Bonchev–Trinajstić information content (AvgIpc) is 2.47. The molecule has 0 radical (unpaired) electrons. The fourth-order valence-electron chi connectivity index (χ4n) is 1.63. The predicted molar refractivity (Wildman–Crippen MR) is 77.0 cm³/mol. The number of nitro groups is 2. The van der Waals surface area contributed by atoms with E-state index >= 15 is 0 Å². The molecule has 2 rings (SSSR count). The Bertz CT molecular complexity index is 832. The van der Waals surface area contributed by atoms with Crippen LogP contribution in [0.3, 0.4) is 0 Å². The Kier molecular flexibility index (Phi) is 4.04. The number of nitrogens with one attached hydrogen (secondary N) is 1. The fourth-order valence-corrected chi connectivity index (χ4v) is 2.73. The van der Waals surface area contributed by atoms with Gasteiger partial charge in [0.2, 0.25) is 0 Å². The third-order valence-electron chi connectivity index (χ3n) is 2.67. The van der Waals surface area contributed by atoms with Crippen LogP contribution in [0.4, 0.5) is 17.1 Å². The molecule has 0 aliphatic rings. The van der Waals surface area contributed by atoms with Crippen LogP contribution in [0.2, 0.25) is 0 Å². The van der Waals surface area contributed by atoms with Crippen molar-refractivity contribution in [2.75, 3.05) is 4.72 Å². The largest absolute Gasteiger partial charge is 0.280 e. The molecular formula is C12H9N3O6S. The number of anilines is 1. The van der Waals surface area contributed by atoms with Crippen molar-refractivity contribution >= 4 is 27.1 Å². The lowest BCUT2D eigenvalue weighted by molar-refractivity contribution is -0.385. The van der Waals surface area contributed by atoms with Crippen LogP contribution in [0.15, 0.2) is 53.4 Å². The van der Waals surface area contributed by atoms with Crippen LogP contribution in [-0.4, -0.2) is 18.3 Å². The molecule has 0 aliphatic carbocycles. The van der Waals surface area contributed by atoms with Crippen molar-refractivity contribution in [3.8, 4) is 0 Å². The van der Waals surface area contributed by atoms with Crippen molar-refractivity contribution in [1.82, 2.24) is 0 Å². The van der Waals surface area contributed by atoms with Gasteiger partial charge in [0.05, 0.1) is 14.7 Å². The van der Waals surface area contributed by atoms with Crippen LogP contribution in [0.25, 0.3) is 0 Å². The van der Waals surface area contributed by atoms with E-state index in [0.717, 1.165) is 18.2 Å². The number of rotatable bonds is 5. The average molecular weight is 323 g/mol. The van der Waals surface area contributed by atoms with Crippen LogP contribution in [0.1, 0.15) is 0 Å². The lowest BCUT2D eigenvalue weighted by atomic mass is 10.3. The van der Waals surface area contributed by atoms with Gasteiger partial charge in [-0.2, -0.15) is 0 Å². The molecule has 0 aromatic heterocycles. The number of sulfonamides is 1. The number of nitro benzene ring substituents is 2. The summed E-state index contributed by atoms with van der Waals surface area (Å²) in [6, 6.07) is 9.30. The molecule has 0 heterocycles. The van der Waals surface area contributed by atoms with Gasteiger partial charge in [0.25, 0.3) is 21.4 Å². The maximum atomic E-state index is 12.1. The molecule has 1 N–H and O–H groups in total. The first-order valence-electron chi connectivity index (χ1n) is 5.81. The Hall–Kier alpha value is -3.01. The topological polar surface area (TPSA) is 132 Å². The summed E-state index contributed by atoms with van der Waals surface area (Å²) >= 11 is 0. The van der Waals surface area contributed by atoms with Crippen molar-refractivity contribution in [3.63, 3.8) is 0 Å². The van der Waals surface area contributed by atoms with E-state index in [-0.39, 0.29) is 22.0 Å². The summed E-state index contributed by atoms with van der Waals surface area (Å²) in [5.74, 6) is 0. The molecular weight excluding hydrogens is 314 g/mol. The monoisotopic (exact) mass is 323 g/mol. The van der Waals surface area contributed by atoms with E-state index in [2.05, 4.69) is 4.72 Å². The van der Waals surface area contributed by atoms with Crippen LogP contribution >= 0.6 is 0 Å². The second-order valence-electron chi connectivity index (χ2n) is 4.16. The second kappa shape index (κ2) is 5.77. The predicted octanol–water partition coefficient (Wildman–Crippen LogP) is 2.30. The van der Waals surface area contributed by atoms with Gasteiger partial charge in [0, 0.05) is 30.0 Å². The summed E-state index contributed by atoms with van der Waals surface area (Å²) in [6.07, 6.45) is 0. The highest BCUT2D eigenvalue weighted by Crippen LogP contribution is 2.22. The zero-order chi connectivity index (χ0) is 16.3. The Morgan fingerprint density at radius 1 is 0.864 bits per heavy atom. The third kappa shape index (κ3) is 3.35. The smallest absolute Gasteiger partial charge is 0.270 e. The van der Waals surface area contributed by atoms with Gasteiger partial charge in [-0.15, -0.1) is 0 Å². The first-order valence-corrected chi connectivity index (χ1v) is 7.29. The summed E-state index contributed by atoms with van der Waals surface area (Å²) in [4.78, 5) is 19.6. The van der Waals surface area contributed by atoms with E-state index in [4.69, 9.17) is 0 Å². The number of nitrogens with zero attached hydrogens (tertiary/aromatic N) is 2. The Balaban J connectivity index is 2.29. The molecule has 0 spiro atoms.